The van der Waals surface area contributed by atoms with Crippen LogP contribution in [0.15, 0.2) is 52.4 Å². The van der Waals surface area contributed by atoms with Crippen LogP contribution >= 0.6 is 11.8 Å². The van der Waals surface area contributed by atoms with Gasteiger partial charge in [-0.3, -0.25) is 4.79 Å². The zero-order valence-electron chi connectivity index (χ0n) is 14.2. The van der Waals surface area contributed by atoms with Gasteiger partial charge in [0.15, 0.2) is 11.5 Å². The van der Waals surface area contributed by atoms with Crippen LogP contribution in [-0.2, 0) is 0 Å². The van der Waals surface area contributed by atoms with E-state index in [-0.39, 0.29) is 5.24 Å². The number of thioether (sulfide) groups is 1. The molecule has 1 amide bonds. The van der Waals surface area contributed by atoms with Crippen molar-refractivity contribution in [2.45, 2.75) is 6.92 Å². The maximum atomic E-state index is 11.8. The van der Waals surface area contributed by atoms with Gasteiger partial charge < -0.3 is 14.8 Å². The Kier molecular flexibility index (Phi) is 5.09. The van der Waals surface area contributed by atoms with Crippen LogP contribution in [0, 0.1) is 6.92 Å². The van der Waals surface area contributed by atoms with Crippen LogP contribution in [0.5, 0.6) is 11.5 Å². The van der Waals surface area contributed by atoms with Crippen molar-refractivity contribution in [2.24, 2.45) is 4.99 Å². The maximum Gasteiger partial charge on any atom is 0.289 e. The van der Waals surface area contributed by atoms with Gasteiger partial charge >= 0.3 is 0 Å². The first-order chi connectivity index (χ1) is 12.1. The molecule has 0 radical (unpaired) electrons. The monoisotopic (exact) mass is 354 g/mol. The molecule has 1 N–H and O–H groups in total. The van der Waals surface area contributed by atoms with Crippen molar-refractivity contribution in [2.75, 3.05) is 14.2 Å². The molecule has 128 valence electrons. The maximum absolute atomic E-state index is 11.8. The van der Waals surface area contributed by atoms with E-state index in [0.717, 1.165) is 33.5 Å². The molecule has 0 atom stereocenters. The van der Waals surface area contributed by atoms with Crippen molar-refractivity contribution < 1.29 is 14.3 Å². The summed E-state index contributed by atoms with van der Waals surface area (Å²) >= 11 is 1.12. The van der Waals surface area contributed by atoms with Gasteiger partial charge in [0.1, 0.15) is 5.84 Å². The van der Waals surface area contributed by atoms with E-state index in [1.807, 2.05) is 55.5 Å². The smallest absolute Gasteiger partial charge is 0.289 e. The Hall–Kier alpha value is -2.73. The Balaban J connectivity index is 1.96. The molecule has 0 bridgehead atoms. The number of aliphatic imine (C=N–C) groups is 1. The molecule has 0 aliphatic carbocycles. The predicted octanol–water partition coefficient (Wildman–Crippen LogP) is 4.54. The Bertz CT molecular complexity index is 875. The molecule has 1 aliphatic rings. The average molecular weight is 354 g/mol. The number of rotatable bonds is 4. The van der Waals surface area contributed by atoms with E-state index in [4.69, 9.17) is 9.47 Å². The average Bonchev–Trinajstić information content (AvgIpc) is 2.93. The lowest BCUT2D eigenvalue weighted by Gasteiger charge is -2.08. The Morgan fingerprint density at radius 2 is 1.88 bits per heavy atom. The Morgan fingerprint density at radius 1 is 1.08 bits per heavy atom. The Morgan fingerprint density at radius 3 is 2.60 bits per heavy atom. The van der Waals surface area contributed by atoms with Gasteiger partial charge in [0, 0.05) is 0 Å². The lowest BCUT2D eigenvalue weighted by molar-refractivity contribution is 0.265. The van der Waals surface area contributed by atoms with Gasteiger partial charge in [0.2, 0.25) is 0 Å². The first-order valence-corrected chi connectivity index (χ1v) is 8.49. The molecule has 1 fully saturated rings. The molecule has 0 unspecified atom stereocenters. The fraction of sp³-hybridized carbons (Fsp3) is 0.158. The highest BCUT2D eigenvalue weighted by Gasteiger charge is 2.23. The standard InChI is InChI=1S/C19H18N2O3S/c1-12-5-4-6-14(9-12)20-18-17(25-19(22)21-18)11-13-7-8-15(23-2)16(10-13)24-3/h4-11H,1-3H3,(H,20,21,22)/b17-11-. The minimum Gasteiger partial charge on any atom is -0.493 e. The van der Waals surface area contributed by atoms with Crippen LogP contribution in [0.2, 0.25) is 0 Å². The van der Waals surface area contributed by atoms with E-state index >= 15 is 0 Å². The normalized spacial score (nSPS) is 17.0. The van der Waals surface area contributed by atoms with E-state index in [1.54, 1.807) is 14.2 Å². The van der Waals surface area contributed by atoms with Crippen molar-refractivity contribution in [1.82, 2.24) is 5.32 Å². The zero-order chi connectivity index (χ0) is 17.8. The van der Waals surface area contributed by atoms with Crippen LogP contribution < -0.4 is 14.8 Å². The lowest BCUT2D eigenvalue weighted by atomic mass is 10.2. The van der Waals surface area contributed by atoms with Gasteiger partial charge in [-0.25, -0.2) is 4.99 Å². The molecule has 2 aromatic carbocycles. The molecule has 2 aromatic rings. The highest BCUT2D eigenvalue weighted by Crippen LogP contribution is 2.32. The Labute approximate surface area is 150 Å². The van der Waals surface area contributed by atoms with Crippen LogP contribution in [-0.4, -0.2) is 25.3 Å². The second-order valence-electron chi connectivity index (χ2n) is 5.44. The largest absolute Gasteiger partial charge is 0.493 e. The molecule has 6 heteroatoms. The number of aryl methyl sites for hydroxylation is 1. The van der Waals surface area contributed by atoms with Crippen molar-refractivity contribution in [1.29, 1.82) is 0 Å². The van der Waals surface area contributed by atoms with E-state index in [9.17, 15) is 4.79 Å². The molecular formula is C19H18N2O3S. The third-order valence-electron chi connectivity index (χ3n) is 3.60. The molecular weight excluding hydrogens is 336 g/mol. The van der Waals surface area contributed by atoms with E-state index in [1.165, 1.54) is 0 Å². The number of methoxy groups -OCH3 is 2. The third kappa shape index (κ3) is 4.03. The molecule has 25 heavy (non-hydrogen) atoms. The number of amides is 1. The van der Waals surface area contributed by atoms with Crippen LogP contribution in [0.4, 0.5) is 10.5 Å². The number of hydrogen-bond acceptors (Lipinski definition) is 5. The third-order valence-corrected chi connectivity index (χ3v) is 4.42. The lowest BCUT2D eigenvalue weighted by Crippen LogP contribution is -2.18. The molecule has 1 heterocycles. The quantitative estimate of drug-likeness (QED) is 0.876. The number of amidine groups is 1. The number of nitrogens with one attached hydrogen (secondary N) is 1. The van der Waals surface area contributed by atoms with Gasteiger partial charge in [0.25, 0.3) is 5.24 Å². The number of carbonyl (C=O) groups excluding carboxylic acids is 1. The van der Waals surface area contributed by atoms with Crippen LogP contribution in [0.1, 0.15) is 11.1 Å². The number of ether oxygens (including phenoxy) is 2. The second kappa shape index (κ2) is 7.44. The highest BCUT2D eigenvalue weighted by molar-refractivity contribution is 8.18. The number of benzene rings is 2. The summed E-state index contributed by atoms with van der Waals surface area (Å²) in [6, 6.07) is 13.4. The predicted molar refractivity (Wildman–Crippen MR) is 102 cm³/mol. The number of carbonyl (C=O) groups is 1. The molecule has 1 saturated heterocycles. The summed E-state index contributed by atoms with van der Waals surface area (Å²) in [5.41, 5.74) is 2.81. The van der Waals surface area contributed by atoms with E-state index in [0.29, 0.717) is 17.3 Å². The summed E-state index contributed by atoms with van der Waals surface area (Å²) in [5.74, 6) is 1.85. The van der Waals surface area contributed by atoms with Gasteiger partial charge in [-0.15, -0.1) is 0 Å². The fourth-order valence-electron chi connectivity index (χ4n) is 2.43. The molecule has 0 saturated carbocycles. The zero-order valence-corrected chi connectivity index (χ0v) is 15.0. The summed E-state index contributed by atoms with van der Waals surface area (Å²) in [6.07, 6.45) is 1.90. The molecule has 0 spiro atoms. The summed E-state index contributed by atoms with van der Waals surface area (Å²) < 4.78 is 10.6. The fourth-order valence-corrected chi connectivity index (χ4v) is 3.17. The topological polar surface area (TPSA) is 59.9 Å². The first kappa shape index (κ1) is 17.1. The van der Waals surface area contributed by atoms with Gasteiger partial charge in [-0.1, -0.05) is 18.2 Å². The van der Waals surface area contributed by atoms with Crippen molar-refractivity contribution in [3.8, 4) is 11.5 Å². The van der Waals surface area contributed by atoms with Crippen molar-refractivity contribution >= 4 is 34.6 Å². The molecule has 1 aliphatic heterocycles. The molecule has 5 nitrogen and oxygen atoms in total. The van der Waals surface area contributed by atoms with Gasteiger partial charge in [-0.2, -0.15) is 0 Å². The van der Waals surface area contributed by atoms with Crippen molar-refractivity contribution in [3.63, 3.8) is 0 Å². The number of hydrogen-bond donors (Lipinski definition) is 1. The van der Waals surface area contributed by atoms with E-state index in [2.05, 4.69) is 10.3 Å². The van der Waals surface area contributed by atoms with Crippen LogP contribution in [0.25, 0.3) is 6.08 Å². The summed E-state index contributed by atoms with van der Waals surface area (Å²) in [6.45, 7) is 2.01. The number of nitrogens with zero attached hydrogens (tertiary/aromatic N) is 1. The minimum atomic E-state index is -0.141. The molecule has 0 aromatic heterocycles. The SMILES string of the molecule is COc1ccc(/C=C2\SC(=O)NC2=Nc2cccc(C)c2)cc1OC. The minimum absolute atomic E-state index is 0.141. The summed E-state index contributed by atoms with van der Waals surface area (Å²) in [4.78, 5) is 17.1. The van der Waals surface area contributed by atoms with Crippen LogP contribution in [0.3, 0.4) is 0 Å². The summed E-state index contributed by atoms with van der Waals surface area (Å²) in [7, 11) is 3.19. The van der Waals surface area contributed by atoms with E-state index < -0.39 is 0 Å². The first-order valence-electron chi connectivity index (χ1n) is 7.67. The van der Waals surface area contributed by atoms with Gasteiger partial charge in [0.05, 0.1) is 24.8 Å². The molecule has 3 rings (SSSR count). The van der Waals surface area contributed by atoms with Crippen molar-refractivity contribution in [3.05, 3.63) is 58.5 Å². The van der Waals surface area contributed by atoms with Gasteiger partial charge in [-0.05, 0) is 60.2 Å². The highest BCUT2D eigenvalue weighted by atomic mass is 32.2. The summed E-state index contributed by atoms with van der Waals surface area (Å²) in [5, 5.41) is 2.65. The second-order valence-corrected chi connectivity index (χ2v) is 6.45.